The minimum Gasteiger partial charge on any atom is -0.484 e. The molecule has 4 heterocycles. The molecule has 0 spiro atoms. The second-order valence-electron chi connectivity index (χ2n) is 10.5. The second kappa shape index (κ2) is 14.3. The van der Waals surface area contributed by atoms with Crippen LogP contribution in [0.25, 0.3) is 0 Å². The predicted molar refractivity (Wildman–Crippen MR) is 167 cm³/mol. The number of carbonyl (C=O) groups is 1. The molecule has 0 radical (unpaired) electrons. The second-order valence-corrected chi connectivity index (χ2v) is 11.2. The Morgan fingerprint density at radius 3 is 1.61 bits per heavy atom. The summed E-state index contributed by atoms with van der Waals surface area (Å²) in [5.41, 5.74) is -1.71. The van der Waals surface area contributed by atoms with E-state index in [1.165, 1.54) is 38.6 Å². The minimum absolute atomic E-state index is 0.113. The van der Waals surface area contributed by atoms with Crippen LogP contribution in [-0.2, 0) is 18.9 Å². The summed E-state index contributed by atoms with van der Waals surface area (Å²) in [4.78, 5) is 42.9. The molecule has 4 aromatic rings. The van der Waals surface area contributed by atoms with Gasteiger partial charge < -0.3 is 25.2 Å². The van der Waals surface area contributed by atoms with Gasteiger partial charge in [0.1, 0.15) is 40.1 Å². The van der Waals surface area contributed by atoms with Crippen molar-refractivity contribution in [3.8, 4) is 11.5 Å². The van der Waals surface area contributed by atoms with Crippen LogP contribution in [0.1, 0.15) is 27.7 Å². The molecule has 3 N–H and O–H groups in total. The first-order valence-electron chi connectivity index (χ1n) is 13.0. The van der Waals surface area contributed by atoms with Crippen LogP contribution in [0.2, 0.25) is 10.3 Å². The van der Waals surface area contributed by atoms with Crippen molar-refractivity contribution < 1.29 is 19.4 Å². The van der Waals surface area contributed by atoms with Crippen LogP contribution >= 0.6 is 23.2 Å². The van der Waals surface area contributed by atoms with E-state index in [0.717, 1.165) is 9.36 Å². The molecular formula is C28H32Cl2N8O6. The summed E-state index contributed by atoms with van der Waals surface area (Å²) in [5, 5.41) is 22.9. The Labute approximate surface area is 262 Å². The van der Waals surface area contributed by atoms with Crippen molar-refractivity contribution in [2.24, 2.45) is 14.1 Å². The molecule has 4 rings (SSSR count). The van der Waals surface area contributed by atoms with Gasteiger partial charge in [0, 0.05) is 26.2 Å². The van der Waals surface area contributed by atoms with Gasteiger partial charge in [0.25, 0.3) is 11.1 Å². The van der Waals surface area contributed by atoms with Gasteiger partial charge in [-0.1, -0.05) is 23.2 Å². The standard InChI is InChI=1S/C14H17ClN4O3.C14H15ClN4O3/c2*1-14(2,8-20)22-9-4-5-12(16-7-9)17-10-6-11(15)18-19(3)13(10)21/h4-7,20H,8H2,1-3H3,(H,16,17);4-8H,1-3H3,(H,16,17). The van der Waals surface area contributed by atoms with Crippen LogP contribution in [0.5, 0.6) is 11.5 Å². The molecule has 0 aliphatic carbocycles. The topological polar surface area (TPSA) is 175 Å². The van der Waals surface area contributed by atoms with Crippen LogP contribution < -0.4 is 31.2 Å². The zero-order valence-electron chi connectivity index (χ0n) is 24.8. The fraction of sp³-hybridized carbons (Fsp3) is 0.321. The third-order valence-electron chi connectivity index (χ3n) is 5.50. The van der Waals surface area contributed by atoms with E-state index < -0.39 is 11.2 Å². The molecule has 14 nitrogen and oxygen atoms in total. The molecule has 4 aromatic heterocycles. The maximum atomic E-state index is 11.9. The molecule has 0 atom stereocenters. The molecule has 0 saturated heterocycles. The number of halogens is 2. The molecule has 0 aromatic carbocycles. The van der Waals surface area contributed by atoms with Gasteiger partial charge in [-0.3, -0.25) is 14.4 Å². The SMILES string of the molecule is Cn1nc(Cl)cc(Nc2ccc(OC(C)(C)C=O)cn2)c1=O.Cn1nc(Cl)cc(Nc2ccc(OC(C)(C)CO)cn2)c1=O. The molecule has 0 bridgehead atoms. The van der Waals surface area contributed by atoms with Gasteiger partial charge in [0.2, 0.25) is 0 Å². The molecule has 234 valence electrons. The maximum absolute atomic E-state index is 11.9. The van der Waals surface area contributed by atoms with Crippen molar-refractivity contribution in [3.63, 3.8) is 0 Å². The zero-order valence-corrected chi connectivity index (χ0v) is 26.3. The number of pyridine rings is 2. The highest BCUT2D eigenvalue weighted by Crippen LogP contribution is 2.21. The quantitative estimate of drug-likeness (QED) is 0.214. The lowest BCUT2D eigenvalue weighted by Crippen LogP contribution is -2.32. The third kappa shape index (κ3) is 9.76. The molecule has 0 unspecified atom stereocenters. The summed E-state index contributed by atoms with van der Waals surface area (Å²) in [6.45, 7) is 6.71. The van der Waals surface area contributed by atoms with Gasteiger partial charge in [0.05, 0.1) is 19.0 Å². The minimum atomic E-state index is -0.925. The Balaban J connectivity index is 0.000000240. The van der Waals surface area contributed by atoms with Crippen LogP contribution in [-0.4, -0.2) is 58.7 Å². The average molecular weight is 648 g/mol. The van der Waals surface area contributed by atoms with E-state index in [1.54, 1.807) is 52.0 Å². The number of hydrogen-bond acceptors (Lipinski definition) is 12. The summed E-state index contributed by atoms with van der Waals surface area (Å²) in [7, 11) is 3.02. The molecule has 16 heteroatoms. The number of hydrogen-bond donors (Lipinski definition) is 3. The van der Waals surface area contributed by atoms with Gasteiger partial charge in [0.15, 0.2) is 22.2 Å². The highest BCUT2D eigenvalue weighted by molar-refractivity contribution is 6.29. The summed E-state index contributed by atoms with van der Waals surface area (Å²) < 4.78 is 13.3. The van der Waals surface area contributed by atoms with Crippen molar-refractivity contribution in [2.75, 3.05) is 17.2 Å². The van der Waals surface area contributed by atoms with Gasteiger partial charge >= 0.3 is 0 Å². The Bertz CT molecular complexity index is 1710. The first kappa shape index (κ1) is 34.0. The molecule has 0 amide bonds. The molecule has 0 aliphatic rings. The number of anilines is 4. The molecule has 0 saturated carbocycles. The average Bonchev–Trinajstić information content (AvgIpc) is 2.96. The van der Waals surface area contributed by atoms with Crippen molar-refractivity contribution >= 4 is 52.5 Å². The van der Waals surface area contributed by atoms with Crippen LogP contribution in [0, 0.1) is 0 Å². The number of nitrogens with one attached hydrogen (secondary N) is 2. The number of aliphatic hydroxyl groups excluding tert-OH is 1. The van der Waals surface area contributed by atoms with Crippen molar-refractivity contribution in [1.82, 2.24) is 29.5 Å². The van der Waals surface area contributed by atoms with Crippen LogP contribution in [0.4, 0.5) is 23.0 Å². The van der Waals surface area contributed by atoms with E-state index in [0.29, 0.717) is 29.4 Å². The van der Waals surface area contributed by atoms with Crippen molar-refractivity contribution in [3.05, 3.63) is 79.8 Å². The van der Waals surface area contributed by atoms with Gasteiger partial charge in [-0.2, -0.15) is 10.2 Å². The normalized spacial score (nSPS) is 11.2. The number of nitrogens with zero attached hydrogens (tertiary/aromatic N) is 6. The Kier molecular flexibility index (Phi) is 11.0. The number of aliphatic hydroxyl groups is 1. The highest BCUT2D eigenvalue weighted by atomic mass is 35.5. The maximum Gasteiger partial charge on any atom is 0.290 e. The smallest absolute Gasteiger partial charge is 0.290 e. The lowest BCUT2D eigenvalue weighted by Gasteiger charge is -2.23. The van der Waals surface area contributed by atoms with E-state index in [9.17, 15) is 19.5 Å². The number of carbonyl (C=O) groups excluding carboxylic acids is 1. The predicted octanol–water partition coefficient (Wildman–Crippen LogP) is 3.65. The first-order valence-corrected chi connectivity index (χ1v) is 13.8. The lowest BCUT2D eigenvalue weighted by atomic mass is 10.1. The Morgan fingerprint density at radius 1 is 0.818 bits per heavy atom. The Morgan fingerprint density at radius 2 is 1.25 bits per heavy atom. The number of ether oxygens (including phenoxy) is 2. The summed E-state index contributed by atoms with van der Waals surface area (Å²) in [5.74, 6) is 1.87. The Hall–Kier alpha value is -4.53. The van der Waals surface area contributed by atoms with Crippen LogP contribution in [0.3, 0.4) is 0 Å². The van der Waals surface area contributed by atoms with Crippen molar-refractivity contribution in [2.45, 2.75) is 38.9 Å². The molecule has 44 heavy (non-hydrogen) atoms. The van der Waals surface area contributed by atoms with E-state index in [4.69, 9.17) is 32.7 Å². The fourth-order valence-electron chi connectivity index (χ4n) is 3.31. The van der Waals surface area contributed by atoms with Gasteiger partial charge in [-0.15, -0.1) is 0 Å². The van der Waals surface area contributed by atoms with E-state index in [-0.39, 0.29) is 39.4 Å². The van der Waals surface area contributed by atoms with E-state index >= 15 is 0 Å². The monoisotopic (exact) mass is 646 g/mol. The van der Waals surface area contributed by atoms with E-state index in [2.05, 4.69) is 30.8 Å². The molecule has 0 aliphatic heterocycles. The lowest BCUT2D eigenvalue weighted by molar-refractivity contribution is -0.119. The number of aldehydes is 1. The summed E-state index contributed by atoms with van der Waals surface area (Å²) >= 11 is 11.6. The first-order chi connectivity index (χ1) is 20.6. The summed E-state index contributed by atoms with van der Waals surface area (Å²) in [6.07, 6.45) is 3.68. The number of aromatic nitrogens is 6. The third-order valence-corrected chi connectivity index (χ3v) is 5.87. The van der Waals surface area contributed by atoms with Gasteiger partial charge in [-0.05, 0) is 52.0 Å². The fourth-order valence-corrected chi connectivity index (χ4v) is 3.75. The largest absolute Gasteiger partial charge is 0.484 e. The number of aryl methyl sites for hydroxylation is 2. The van der Waals surface area contributed by atoms with Crippen LogP contribution in [0.15, 0.2) is 58.4 Å². The molecule has 0 fully saturated rings. The molecular weight excluding hydrogens is 615 g/mol. The zero-order chi connectivity index (χ0) is 32.7. The van der Waals surface area contributed by atoms with Gasteiger partial charge in [-0.25, -0.2) is 19.3 Å². The van der Waals surface area contributed by atoms with E-state index in [1.807, 2.05) is 0 Å². The summed E-state index contributed by atoms with van der Waals surface area (Å²) in [6, 6.07) is 9.49. The van der Waals surface area contributed by atoms with Crippen molar-refractivity contribution in [1.29, 1.82) is 0 Å². The number of rotatable bonds is 10. The highest BCUT2D eigenvalue weighted by Gasteiger charge is 2.19.